The molecule has 1 fully saturated rings. The van der Waals surface area contributed by atoms with Crippen molar-refractivity contribution >= 4 is 63.9 Å². The third kappa shape index (κ3) is 3.89. The van der Waals surface area contributed by atoms with Crippen molar-refractivity contribution in [1.82, 2.24) is 0 Å². The van der Waals surface area contributed by atoms with E-state index in [-0.39, 0.29) is 11.8 Å². The van der Waals surface area contributed by atoms with Crippen molar-refractivity contribution in [2.75, 3.05) is 10.2 Å². The van der Waals surface area contributed by atoms with Gasteiger partial charge in [-0.15, -0.1) is 0 Å². The molecule has 1 aliphatic heterocycles. The summed E-state index contributed by atoms with van der Waals surface area (Å²) in [5.41, 5.74) is 2.69. The van der Waals surface area contributed by atoms with Crippen molar-refractivity contribution in [3.63, 3.8) is 0 Å². The van der Waals surface area contributed by atoms with Crippen LogP contribution in [0.5, 0.6) is 0 Å². The van der Waals surface area contributed by atoms with Gasteiger partial charge in [-0.1, -0.05) is 48.2 Å². The lowest BCUT2D eigenvalue weighted by Gasteiger charge is -2.15. The summed E-state index contributed by atoms with van der Waals surface area (Å²) in [6, 6.07) is 13.8. The van der Waals surface area contributed by atoms with Gasteiger partial charge < -0.3 is 5.32 Å². The van der Waals surface area contributed by atoms with Crippen LogP contribution in [0, 0.1) is 0 Å². The Bertz CT molecular complexity index is 919. The van der Waals surface area contributed by atoms with E-state index in [1.54, 1.807) is 54.6 Å². The van der Waals surface area contributed by atoms with E-state index in [2.05, 4.69) is 5.32 Å². The van der Waals surface area contributed by atoms with Crippen molar-refractivity contribution in [2.24, 2.45) is 0 Å². The lowest BCUT2D eigenvalue weighted by molar-refractivity contribution is -0.114. The molecule has 0 unspecified atom stereocenters. The molecular weight excluding hydrogens is 368 g/mol. The quantitative estimate of drug-likeness (QED) is 0.494. The molecule has 5 nitrogen and oxygen atoms in total. The number of thioether (sulfide) groups is 1. The van der Waals surface area contributed by atoms with Crippen molar-refractivity contribution in [1.29, 1.82) is 0 Å². The number of hydrogen-bond acceptors (Lipinski definition) is 5. The van der Waals surface area contributed by atoms with E-state index in [1.165, 1.54) is 23.6 Å². The monoisotopic (exact) mass is 382 g/mol. The second kappa shape index (κ2) is 7.63. The molecule has 2 aromatic carbocycles. The summed E-state index contributed by atoms with van der Waals surface area (Å²) in [5, 5.41) is 2.68. The van der Waals surface area contributed by atoms with Gasteiger partial charge in [-0.25, -0.2) is 0 Å². The van der Waals surface area contributed by atoms with Gasteiger partial charge >= 0.3 is 0 Å². The number of nitrogens with one attached hydrogen (secondary N) is 1. The van der Waals surface area contributed by atoms with Crippen LogP contribution >= 0.6 is 24.0 Å². The first-order chi connectivity index (χ1) is 12.5. The summed E-state index contributed by atoms with van der Waals surface area (Å²) in [6.07, 6.45) is 2.52. The smallest absolute Gasteiger partial charge is 0.270 e. The molecule has 0 spiro atoms. The third-order valence-electron chi connectivity index (χ3n) is 3.61. The van der Waals surface area contributed by atoms with Crippen LogP contribution in [0.25, 0.3) is 6.08 Å². The van der Waals surface area contributed by atoms with Crippen LogP contribution in [0.4, 0.5) is 11.4 Å². The SMILES string of the molecule is CC(=O)Nc1ccc(N2C(=O)/C(=C/c3ccc(C=O)cc3)SC2=S)cc1. The van der Waals surface area contributed by atoms with Gasteiger partial charge in [0.05, 0.1) is 10.6 Å². The Balaban J connectivity index is 1.82. The summed E-state index contributed by atoms with van der Waals surface area (Å²) < 4.78 is 0.443. The lowest BCUT2D eigenvalue weighted by atomic mass is 10.1. The molecule has 3 rings (SSSR count). The number of nitrogens with zero attached hydrogens (tertiary/aromatic N) is 1. The molecule has 1 aliphatic rings. The molecule has 1 N–H and O–H groups in total. The molecule has 7 heteroatoms. The highest BCUT2D eigenvalue weighted by molar-refractivity contribution is 8.27. The minimum absolute atomic E-state index is 0.160. The number of carbonyl (C=O) groups excluding carboxylic acids is 3. The first-order valence-corrected chi connectivity index (χ1v) is 8.91. The first-order valence-electron chi connectivity index (χ1n) is 7.69. The van der Waals surface area contributed by atoms with E-state index >= 15 is 0 Å². The maximum absolute atomic E-state index is 12.7. The Morgan fingerprint density at radius 3 is 2.27 bits per heavy atom. The van der Waals surface area contributed by atoms with Crippen LogP contribution < -0.4 is 10.2 Å². The standard InChI is InChI=1S/C19H14N2O3S2/c1-12(23)20-15-6-8-16(9-7-15)21-18(24)17(26-19(21)25)10-13-2-4-14(11-22)5-3-13/h2-11H,1H3,(H,20,23)/b17-10-. The highest BCUT2D eigenvalue weighted by Gasteiger charge is 2.33. The highest BCUT2D eigenvalue weighted by atomic mass is 32.2. The van der Waals surface area contributed by atoms with Crippen LogP contribution in [-0.4, -0.2) is 22.4 Å². The highest BCUT2D eigenvalue weighted by Crippen LogP contribution is 2.36. The molecule has 2 amide bonds. The molecule has 2 aromatic rings. The maximum atomic E-state index is 12.7. The van der Waals surface area contributed by atoms with Gasteiger partial charge in [0.25, 0.3) is 5.91 Å². The molecule has 0 saturated carbocycles. The van der Waals surface area contributed by atoms with Gasteiger partial charge in [-0.05, 0) is 35.9 Å². The zero-order chi connectivity index (χ0) is 18.7. The molecule has 1 heterocycles. The summed E-state index contributed by atoms with van der Waals surface area (Å²) in [4.78, 5) is 36.5. The largest absolute Gasteiger partial charge is 0.326 e. The predicted molar refractivity (Wildman–Crippen MR) is 108 cm³/mol. The fourth-order valence-corrected chi connectivity index (χ4v) is 3.71. The van der Waals surface area contributed by atoms with Crippen molar-refractivity contribution in [2.45, 2.75) is 6.92 Å². The Kier molecular flexibility index (Phi) is 5.29. The molecular formula is C19H14N2O3S2. The van der Waals surface area contributed by atoms with Gasteiger partial charge in [0.2, 0.25) is 5.91 Å². The summed E-state index contributed by atoms with van der Waals surface area (Å²) in [6.45, 7) is 1.43. The molecule has 1 saturated heterocycles. The number of amides is 2. The summed E-state index contributed by atoms with van der Waals surface area (Å²) in [7, 11) is 0. The molecule has 0 aromatic heterocycles. The van der Waals surface area contributed by atoms with Gasteiger partial charge in [-0.3, -0.25) is 19.3 Å². The van der Waals surface area contributed by atoms with E-state index < -0.39 is 0 Å². The number of carbonyl (C=O) groups is 3. The second-order valence-corrected chi connectivity index (χ2v) is 7.21. The number of rotatable bonds is 4. The zero-order valence-electron chi connectivity index (χ0n) is 13.8. The van der Waals surface area contributed by atoms with Crippen LogP contribution in [-0.2, 0) is 9.59 Å². The van der Waals surface area contributed by atoms with Crippen LogP contribution in [0.3, 0.4) is 0 Å². The second-order valence-electron chi connectivity index (χ2n) is 5.53. The number of anilines is 2. The topological polar surface area (TPSA) is 66.5 Å². The Hall–Kier alpha value is -2.77. The molecule has 0 aliphatic carbocycles. The minimum atomic E-state index is -0.202. The van der Waals surface area contributed by atoms with Crippen molar-refractivity contribution < 1.29 is 14.4 Å². The summed E-state index contributed by atoms with van der Waals surface area (Å²) in [5.74, 6) is -0.362. The molecule has 130 valence electrons. The maximum Gasteiger partial charge on any atom is 0.270 e. The Morgan fingerprint density at radius 1 is 1.08 bits per heavy atom. The van der Waals surface area contributed by atoms with Gasteiger partial charge in [0, 0.05) is 18.2 Å². The van der Waals surface area contributed by atoms with E-state index in [4.69, 9.17) is 12.2 Å². The number of aldehydes is 1. The van der Waals surface area contributed by atoms with Gasteiger partial charge in [0.1, 0.15) is 6.29 Å². The first kappa shape index (κ1) is 18.0. The average molecular weight is 382 g/mol. The fraction of sp³-hybridized carbons (Fsp3) is 0.0526. The minimum Gasteiger partial charge on any atom is -0.326 e. The normalized spacial score (nSPS) is 15.4. The van der Waals surface area contributed by atoms with Crippen LogP contribution in [0.15, 0.2) is 53.4 Å². The van der Waals surface area contributed by atoms with E-state index in [0.717, 1.165) is 11.8 Å². The predicted octanol–water partition coefficient (Wildman–Crippen LogP) is 3.86. The number of benzene rings is 2. The van der Waals surface area contributed by atoms with Crippen molar-refractivity contribution in [3.05, 3.63) is 64.6 Å². The van der Waals surface area contributed by atoms with Crippen LogP contribution in [0.1, 0.15) is 22.8 Å². The molecule has 26 heavy (non-hydrogen) atoms. The Morgan fingerprint density at radius 2 is 1.69 bits per heavy atom. The zero-order valence-corrected chi connectivity index (χ0v) is 15.4. The molecule has 0 radical (unpaired) electrons. The van der Waals surface area contributed by atoms with E-state index in [1.807, 2.05) is 0 Å². The van der Waals surface area contributed by atoms with E-state index in [0.29, 0.717) is 26.2 Å². The molecule has 0 atom stereocenters. The van der Waals surface area contributed by atoms with Gasteiger partial charge in [0.15, 0.2) is 4.32 Å². The molecule has 0 bridgehead atoms. The van der Waals surface area contributed by atoms with Gasteiger partial charge in [-0.2, -0.15) is 0 Å². The number of hydrogen-bond donors (Lipinski definition) is 1. The summed E-state index contributed by atoms with van der Waals surface area (Å²) >= 11 is 6.57. The third-order valence-corrected chi connectivity index (χ3v) is 4.91. The van der Waals surface area contributed by atoms with Crippen LogP contribution in [0.2, 0.25) is 0 Å². The van der Waals surface area contributed by atoms with E-state index in [9.17, 15) is 14.4 Å². The van der Waals surface area contributed by atoms with Crippen molar-refractivity contribution in [3.8, 4) is 0 Å². The average Bonchev–Trinajstić information content (AvgIpc) is 2.89. The Labute approximate surface area is 160 Å². The fourth-order valence-electron chi connectivity index (χ4n) is 2.41. The number of thiocarbonyl (C=S) groups is 1. The lowest BCUT2D eigenvalue weighted by Crippen LogP contribution is -2.27.